The fourth-order valence-electron chi connectivity index (χ4n) is 2.28. The van der Waals surface area contributed by atoms with Crippen molar-refractivity contribution in [1.82, 2.24) is 4.90 Å². The minimum atomic E-state index is -3.28. The summed E-state index contributed by atoms with van der Waals surface area (Å²) >= 11 is 0. The fraction of sp³-hybridized carbons (Fsp3) is 0.909. The quantitative estimate of drug-likeness (QED) is 0.725. The van der Waals surface area contributed by atoms with Crippen molar-refractivity contribution in [2.24, 2.45) is 0 Å². The molecule has 0 aromatic carbocycles. The van der Waals surface area contributed by atoms with Gasteiger partial charge in [-0.3, -0.25) is 4.79 Å². The first-order valence-corrected chi connectivity index (χ1v) is 7.62. The SMILES string of the molecule is CC1(C)CN(C(=O)CS(C)(=O)=O)CC(C)(C)O1. The molecule has 5 nitrogen and oxygen atoms in total. The summed E-state index contributed by atoms with van der Waals surface area (Å²) in [5, 5.41) is 0. The van der Waals surface area contributed by atoms with Crippen LogP contribution in [0.3, 0.4) is 0 Å². The van der Waals surface area contributed by atoms with Gasteiger partial charge in [-0.2, -0.15) is 0 Å². The molecule has 0 aromatic rings. The van der Waals surface area contributed by atoms with Gasteiger partial charge in [0.15, 0.2) is 9.84 Å². The second-order valence-electron chi connectivity index (χ2n) is 5.94. The Labute approximate surface area is 103 Å². The predicted molar refractivity (Wildman–Crippen MR) is 65.5 cm³/mol. The van der Waals surface area contributed by atoms with Crippen molar-refractivity contribution >= 4 is 15.7 Å². The van der Waals surface area contributed by atoms with Crippen LogP contribution in [0.2, 0.25) is 0 Å². The smallest absolute Gasteiger partial charge is 0.237 e. The lowest BCUT2D eigenvalue weighted by atomic mass is 9.99. The molecule has 1 fully saturated rings. The summed E-state index contributed by atoms with van der Waals surface area (Å²) in [4.78, 5) is 13.5. The Balaban J connectivity index is 2.81. The van der Waals surface area contributed by atoms with Crippen LogP contribution in [0.15, 0.2) is 0 Å². The van der Waals surface area contributed by atoms with E-state index in [9.17, 15) is 13.2 Å². The zero-order valence-electron chi connectivity index (χ0n) is 11.1. The molecular weight excluding hydrogens is 242 g/mol. The summed E-state index contributed by atoms with van der Waals surface area (Å²) in [5.41, 5.74) is -0.899. The number of amides is 1. The van der Waals surface area contributed by atoms with Gasteiger partial charge in [0.1, 0.15) is 5.75 Å². The summed E-state index contributed by atoms with van der Waals surface area (Å²) in [6.45, 7) is 8.43. The minimum absolute atomic E-state index is 0.350. The predicted octanol–water partition coefficient (Wildman–Crippen LogP) is 0.447. The van der Waals surface area contributed by atoms with Crippen molar-refractivity contribution in [2.45, 2.75) is 38.9 Å². The number of nitrogens with zero attached hydrogens (tertiary/aromatic N) is 1. The third-order valence-corrected chi connectivity index (χ3v) is 3.21. The van der Waals surface area contributed by atoms with E-state index in [2.05, 4.69) is 0 Å². The lowest BCUT2D eigenvalue weighted by Crippen LogP contribution is -2.59. The molecule has 1 rings (SSSR count). The number of ether oxygens (including phenoxy) is 1. The van der Waals surface area contributed by atoms with Crippen LogP contribution >= 0.6 is 0 Å². The molecule has 6 heteroatoms. The maximum absolute atomic E-state index is 11.9. The number of sulfone groups is 1. The topological polar surface area (TPSA) is 63.7 Å². The third kappa shape index (κ3) is 4.63. The van der Waals surface area contributed by atoms with E-state index >= 15 is 0 Å². The Bertz CT molecular complexity index is 395. The number of carbonyl (C=O) groups excluding carboxylic acids is 1. The summed E-state index contributed by atoms with van der Waals surface area (Å²) in [6, 6.07) is 0. The highest BCUT2D eigenvalue weighted by Gasteiger charge is 2.40. The molecule has 0 saturated carbocycles. The van der Waals surface area contributed by atoms with Crippen molar-refractivity contribution in [2.75, 3.05) is 25.1 Å². The van der Waals surface area contributed by atoms with Gasteiger partial charge in [-0.15, -0.1) is 0 Å². The molecule has 0 N–H and O–H groups in total. The van der Waals surface area contributed by atoms with E-state index in [0.29, 0.717) is 13.1 Å². The Morgan fingerprint density at radius 2 is 1.59 bits per heavy atom. The van der Waals surface area contributed by atoms with Crippen molar-refractivity contribution in [1.29, 1.82) is 0 Å². The highest BCUT2D eigenvalue weighted by Crippen LogP contribution is 2.28. The largest absolute Gasteiger partial charge is 0.366 e. The van der Waals surface area contributed by atoms with Crippen molar-refractivity contribution in [3.05, 3.63) is 0 Å². The average Bonchev–Trinajstić information content (AvgIpc) is 1.93. The highest BCUT2D eigenvalue weighted by molar-refractivity contribution is 7.91. The molecule has 1 saturated heterocycles. The maximum atomic E-state index is 11.9. The van der Waals surface area contributed by atoms with E-state index < -0.39 is 26.8 Å². The number of morpholine rings is 1. The molecule has 1 amide bonds. The average molecular weight is 263 g/mol. The van der Waals surface area contributed by atoms with E-state index in [1.165, 1.54) is 0 Å². The van der Waals surface area contributed by atoms with Gasteiger partial charge in [-0.25, -0.2) is 8.42 Å². The number of carbonyl (C=O) groups is 1. The Kier molecular flexibility index (Phi) is 3.60. The van der Waals surface area contributed by atoms with E-state index in [1.54, 1.807) is 4.90 Å². The van der Waals surface area contributed by atoms with E-state index in [-0.39, 0.29) is 5.91 Å². The van der Waals surface area contributed by atoms with Crippen LogP contribution in [-0.2, 0) is 19.4 Å². The summed E-state index contributed by atoms with van der Waals surface area (Å²) in [6.07, 6.45) is 1.07. The van der Waals surface area contributed by atoms with Gasteiger partial charge < -0.3 is 9.64 Å². The molecule has 0 bridgehead atoms. The maximum Gasteiger partial charge on any atom is 0.237 e. The molecule has 0 aromatic heterocycles. The Morgan fingerprint density at radius 1 is 1.18 bits per heavy atom. The molecule has 0 radical (unpaired) electrons. The van der Waals surface area contributed by atoms with Crippen LogP contribution in [0, 0.1) is 0 Å². The molecule has 1 aliphatic heterocycles. The molecule has 1 aliphatic rings. The molecule has 17 heavy (non-hydrogen) atoms. The van der Waals surface area contributed by atoms with Gasteiger partial charge >= 0.3 is 0 Å². The van der Waals surface area contributed by atoms with Crippen LogP contribution in [0.5, 0.6) is 0 Å². The summed E-state index contributed by atoms with van der Waals surface area (Å²) < 4.78 is 28.1. The molecule has 1 heterocycles. The van der Waals surface area contributed by atoms with E-state index in [1.807, 2.05) is 27.7 Å². The first-order valence-electron chi connectivity index (χ1n) is 5.56. The second kappa shape index (κ2) is 4.24. The van der Waals surface area contributed by atoms with E-state index in [0.717, 1.165) is 6.26 Å². The Morgan fingerprint density at radius 3 is 1.94 bits per heavy atom. The van der Waals surface area contributed by atoms with Crippen molar-refractivity contribution < 1.29 is 17.9 Å². The van der Waals surface area contributed by atoms with Crippen molar-refractivity contribution in [3.8, 4) is 0 Å². The first kappa shape index (κ1) is 14.4. The van der Waals surface area contributed by atoms with Crippen LogP contribution in [0.25, 0.3) is 0 Å². The molecule has 0 unspecified atom stereocenters. The minimum Gasteiger partial charge on any atom is -0.366 e. The van der Waals surface area contributed by atoms with Crippen LogP contribution < -0.4 is 0 Å². The monoisotopic (exact) mass is 263 g/mol. The normalized spacial score (nSPS) is 23.5. The standard InChI is InChI=1S/C11H21NO4S/c1-10(2)7-12(8-11(3,4)16-10)9(13)6-17(5,14)15/h6-8H2,1-5H3. The third-order valence-electron chi connectivity index (χ3n) is 2.43. The van der Waals surface area contributed by atoms with Crippen LogP contribution in [0.4, 0.5) is 0 Å². The highest BCUT2D eigenvalue weighted by atomic mass is 32.2. The molecular formula is C11H21NO4S. The van der Waals surface area contributed by atoms with Gasteiger partial charge in [0.05, 0.1) is 11.2 Å². The number of rotatable bonds is 2. The number of hydrogen-bond donors (Lipinski definition) is 0. The zero-order chi connectivity index (χ0) is 13.5. The molecule has 0 spiro atoms. The first-order chi connectivity index (χ1) is 7.40. The van der Waals surface area contributed by atoms with Gasteiger partial charge in [-0.05, 0) is 27.7 Å². The Hall–Kier alpha value is -0.620. The zero-order valence-corrected chi connectivity index (χ0v) is 11.9. The van der Waals surface area contributed by atoms with Crippen LogP contribution in [-0.4, -0.2) is 55.5 Å². The van der Waals surface area contributed by atoms with Gasteiger partial charge in [0.25, 0.3) is 0 Å². The van der Waals surface area contributed by atoms with Crippen molar-refractivity contribution in [3.63, 3.8) is 0 Å². The van der Waals surface area contributed by atoms with Crippen LogP contribution in [0.1, 0.15) is 27.7 Å². The number of hydrogen-bond acceptors (Lipinski definition) is 4. The second-order valence-corrected chi connectivity index (χ2v) is 8.08. The lowest BCUT2D eigenvalue weighted by Gasteiger charge is -2.47. The molecule has 0 aliphatic carbocycles. The van der Waals surface area contributed by atoms with Gasteiger partial charge in [0.2, 0.25) is 5.91 Å². The summed E-state index contributed by atoms with van der Waals surface area (Å²) in [7, 11) is -3.28. The molecule has 100 valence electrons. The lowest BCUT2D eigenvalue weighted by molar-refractivity contribution is -0.186. The molecule has 0 atom stereocenters. The fourth-order valence-corrected chi connectivity index (χ4v) is 2.91. The van der Waals surface area contributed by atoms with Gasteiger partial charge in [-0.1, -0.05) is 0 Å². The van der Waals surface area contributed by atoms with Gasteiger partial charge in [0, 0.05) is 19.3 Å². The summed E-state index contributed by atoms with van der Waals surface area (Å²) in [5.74, 6) is -0.781. The van der Waals surface area contributed by atoms with E-state index in [4.69, 9.17) is 4.74 Å².